The van der Waals surface area contributed by atoms with Gasteiger partial charge in [-0.3, -0.25) is 4.79 Å². The molecule has 0 bridgehead atoms. The van der Waals surface area contributed by atoms with Crippen molar-refractivity contribution >= 4 is 5.91 Å². The van der Waals surface area contributed by atoms with Gasteiger partial charge in [-0.1, -0.05) is 60.7 Å². The van der Waals surface area contributed by atoms with Gasteiger partial charge in [-0.15, -0.1) is 0 Å². The predicted molar refractivity (Wildman–Crippen MR) is 76.4 cm³/mol. The summed E-state index contributed by atoms with van der Waals surface area (Å²) < 4.78 is 0. The fourth-order valence-corrected chi connectivity index (χ4v) is 1.94. The van der Waals surface area contributed by atoms with Crippen molar-refractivity contribution in [3.63, 3.8) is 0 Å². The van der Waals surface area contributed by atoms with Crippen molar-refractivity contribution in [2.45, 2.75) is 19.0 Å². The minimum Gasteiger partial charge on any atom is -0.348 e. The van der Waals surface area contributed by atoms with Crippen LogP contribution in [-0.2, 0) is 4.79 Å². The third-order valence-electron chi connectivity index (χ3n) is 3.10. The van der Waals surface area contributed by atoms with Gasteiger partial charge < -0.3 is 11.1 Å². The number of carbonyl (C=O) groups is 1. The molecule has 98 valence electrons. The van der Waals surface area contributed by atoms with E-state index in [9.17, 15) is 4.79 Å². The molecule has 0 aliphatic carbocycles. The van der Waals surface area contributed by atoms with Gasteiger partial charge in [0.25, 0.3) is 0 Å². The molecule has 3 nitrogen and oxygen atoms in total. The van der Waals surface area contributed by atoms with Gasteiger partial charge in [-0.2, -0.15) is 0 Å². The Balaban J connectivity index is 2.02. The Morgan fingerprint density at radius 2 is 1.42 bits per heavy atom. The number of hydrogen-bond donors (Lipinski definition) is 2. The Bertz CT molecular complexity index is 525. The Morgan fingerprint density at radius 1 is 0.947 bits per heavy atom. The standard InChI is InChI=1S/C16H18N2O/c1-12(13-8-4-2-5-9-13)18-16(19)15(17)14-10-6-3-7-11-14/h2-12,15H,17H2,1H3,(H,18,19)/t12-,15+/m0/s1. The minimum absolute atomic E-state index is 0.0523. The second-order valence-corrected chi connectivity index (χ2v) is 4.53. The number of benzene rings is 2. The van der Waals surface area contributed by atoms with Crippen LogP contribution >= 0.6 is 0 Å². The van der Waals surface area contributed by atoms with Gasteiger partial charge >= 0.3 is 0 Å². The van der Waals surface area contributed by atoms with Crippen molar-refractivity contribution in [1.29, 1.82) is 0 Å². The molecule has 1 amide bonds. The van der Waals surface area contributed by atoms with E-state index in [1.54, 1.807) is 0 Å². The number of nitrogens with two attached hydrogens (primary N) is 1. The highest BCUT2D eigenvalue weighted by Gasteiger charge is 2.17. The molecule has 0 fully saturated rings. The Hall–Kier alpha value is -2.13. The van der Waals surface area contributed by atoms with Gasteiger partial charge in [0, 0.05) is 0 Å². The monoisotopic (exact) mass is 254 g/mol. The molecule has 19 heavy (non-hydrogen) atoms. The van der Waals surface area contributed by atoms with E-state index in [1.807, 2.05) is 67.6 Å². The first-order valence-electron chi connectivity index (χ1n) is 6.34. The van der Waals surface area contributed by atoms with E-state index < -0.39 is 6.04 Å². The van der Waals surface area contributed by atoms with Gasteiger partial charge in [0.15, 0.2) is 0 Å². The smallest absolute Gasteiger partial charge is 0.241 e. The van der Waals surface area contributed by atoms with Gasteiger partial charge in [0.2, 0.25) is 5.91 Å². The zero-order valence-electron chi connectivity index (χ0n) is 10.9. The van der Waals surface area contributed by atoms with Crippen molar-refractivity contribution < 1.29 is 4.79 Å². The summed E-state index contributed by atoms with van der Waals surface area (Å²) in [6.07, 6.45) is 0. The molecular weight excluding hydrogens is 236 g/mol. The normalized spacial score (nSPS) is 13.6. The minimum atomic E-state index is -0.632. The summed E-state index contributed by atoms with van der Waals surface area (Å²) in [7, 11) is 0. The maximum atomic E-state index is 12.1. The second kappa shape index (κ2) is 6.16. The molecule has 2 aromatic carbocycles. The Labute approximate surface area is 113 Å². The molecule has 0 unspecified atom stereocenters. The van der Waals surface area contributed by atoms with Crippen LogP contribution in [0.25, 0.3) is 0 Å². The second-order valence-electron chi connectivity index (χ2n) is 4.53. The molecule has 0 radical (unpaired) electrons. The maximum absolute atomic E-state index is 12.1. The quantitative estimate of drug-likeness (QED) is 0.881. The number of hydrogen-bond acceptors (Lipinski definition) is 2. The lowest BCUT2D eigenvalue weighted by Crippen LogP contribution is -2.35. The summed E-state index contributed by atoms with van der Waals surface area (Å²) in [5, 5.41) is 2.93. The van der Waals surface area contributed by atoms with Crippen LogP contribution in [-0.4, -0.2) is 5.91 Å². The van der Waals surface area contributed by atoms with Crippen LogP contribution in [0.2, 0.25) is 0 Å². The molecule has 2 rings (SSSR count). The fraction of sp³-hybridized carbons (Fsp3) is 0.188. The lowest BCUT2D eigenvalue weighted by molar-refractivity contribution is -0.123. The molecule has 2 aromatic rings. The summed E-state index contributed by atoms with van der Waals surface area (Å²) in [4.78, 5) is 12.1. The SMILES string of the molecule is C[C@H](NC(=O)[C@H](N)c1ccccc1)c1ccccc1. The maximum Gasteiger partial charge on any atom is 0.241 e. The highest BCUT2D eigenvalue weighted by Crippen LogP contribution is 2.14. The van der Waals surface area contributed by atoms with Gasteiger partial charge in [0.1, 0.15) is 6.04 Å². The molecule has 0 saturated heterocycles. The molecule has 0 heterocycles. The number of amides is 1. The van der Waals surface area contributed by atoms with Crippen LogP contribution < -0.4 is 11.1 Å². The van der Waals surface area contributed by atoms with Crippen LogP contribution in [0.4, 0.5) is 0 Å². The van der Waals surface area contributed by atoms with E-state index >= 15 is 0 Å². The van der Waals surface area contributed by atoms with Crippen molar-refractivity contribution in [2.75, 3.05) is 0 Å². The topological polar surface area (TPSA) is 55.1 Å². The van der Waals surface area contributed by atoms with Crippen LogP contribution in [0.15, 0.2) is 60.7 Å². The molecule has 3 N–H and O–H groups in total. The highest BCUT2D eigenvalue weighted by atomic mass is 16.2. The Morgan fingerprint density at radius 3 is 1.95 bits per heavy atom. The lowest BCUT2D eigenvalue weighted by Gasteiger charge is -2.18. The van der Waals surface area contributed by atoms with Crippen LogP contribution in [0.1, 0.15) is 30.1 Å². The summed E-state index contributed by atoms with van der Waals surface area (Å²) in [6.45, 7) is 1.95. The van der Waals surface area contributed by atoms with E-state index in [2.05, 4.69) is 5.32 Å². The summed E-state index contributed by atoms with van der Waals surface area (Å²) in [5.41, 5.74) is 7.84. The Kier molecular flexibility index (Phi) is 4.31. The van der Waals surface area contributed by atoms with E-state index in [-0.39, 0.29) is 11.9 Å². The molecular formula is C16H18N2O. The highest BCUT2D eigenvalue weighted by molar-refractivity contribution is 5.83. The summed E-state index contributed by atoms with van der Waals surface area (Å²) >= 11 is 0. The van der Waals surface area contributed by atoms with Crippen molar-refractivity contribution in [3.05, 3.63) is 71.8 Å². The van der Waals surface area contributed by atoms with E-state index in [4.69, 9.17) is 5.73 Å². The number of rotatable bonds is 4. The van der Waals surface area contributed by atoms with E-state index in [0.29, 0.717) is 0 Å². The van der Waals surface area contributed by atoms with Crippen molar-refractivity contribution in [3.8, 4) is 0 Å². The van der Waals surface area contributed by atoms with Crippen LogP contribution in [0, 0.1) is 0 Å². The zero-order chi connectivity index (χ0) is 13.7. The first kappa shape index (κ1) is 13.3. The third kappa shape index (κ3) is 3.42. The van der Waals surface area contributed by atoms with E-state index in [1.165, 1.54) is 0 Å². The van der Waals surface area contributed by atoms with Crippen molar-refractivity contribution in [1.82, 2.24) is 5.32 Å². The first-order valence-corrected chi connectivity index (χ1v) is 6.34. The zero-order valence-corrected chi connectivity index (χ0v) is 10.9. The van der Waals surface area contributed by atoms with E-state index in [0.717, 1.165) is 11.1 Å². The molecule has 0 spiro atoms. The molecule has 0 aliphatic rings. The third-order valence-corrected chi connectivity index (χ3v) is 3.10. The molecule has 0 saturated carbocycles. The summed E-state index contributed by atoms with van der Waals surface area (Å²) in [5.74, 6) is -0.164. The molecule has 3 heteroatoms. The van der Waals surface area contributed by atoms with Gasteiger partial charge in [-0.25, -0.2) is 0 Å². The average Bonchev–Trinajstić information content (AvgIpc) is 2.48. The first-order chi connectivity index (χ1) is 9.18. The summed E-state index contributed by atoms with van der Waals surface area (Å²) in [6, 6.07) is 18.5. The molecule has 2 atom stereocenters. The lowest BCUT2D eigenvalue weighted by atomic mass is 10.1. The van der Waals surface area contributed by atoms with Gasteiger partial charge in [-0.05, 0) is 18.1 Å². The largest absolute Gasteiger partial charge is 0.348 e. The predicted octanol–water partition coefficient (Wildman–Crippen LogP) is 2.56. The number of nitrogens with one attached hydrogen (secondary N) is 1. The van der Waals surface area contributed by atoms with Crippen LogP contribution in [0.5, 0.6) is 0 Å². The number of carbonyl (C=O) groups excluding carboxylic acids is 1. The van der Waals surface area contributed by atoms with Crippen molar-refractivity contribution in [2.24, 2.45) is 5.73 Å². The van der Waals surface area contributed by atoms with Gasteiger partial charge in [0.05, 0.1) is 6.04 Å². The average molecular weight is 254 g/mol. The van der Waals surface area contributed by atoms with Crippen LogP contribution in [0.3, 0.4) is 0 Å². The fourth-order valence-electron chi connectivity index (χ4n) is 1.94. The molecule has 0 aromatic heterocycles. The molecule has 0 aliphatic heterocycles.